The van der Waals surface area contributed by atoms with Gasteiger partial charge in [-0.05, 0) is 24.3 Å². The van der Waals surface area contributed by atoms with Gasteiger partial charge in [0, 0.05) is 6.20 Å². The molecule has 0 saturated carbocycles. The second-order valence-electron chi connectivity index (χ2n) is 3.61. The molecule has 0 fully saturated rings. The molecule has 18 heavy (non-hydrogen) atoms. The zero-order valence-corrected chi connectivity index (χ0v) is 9.28. The first-order valence-electron chi connectivity index (χ1n) is 5.09. The van der Waals surface area contributed by atoms with E-state index < -0.39 is 11.5 Å². The van der Waals surface area contributed by atoms with Gasteiger partial charge in [0.2, 0.25) is 0 Å². The number of rotatable bonds is 3. The van der Waals surface area contributed by atoms with Gasteiger partial charge in [-0.25, -0.2) is 4.79 Å². The summed E-state index contributed by atoms with van der Waals surface area (Å²) in [6.07, 6.45) is 1.49. The van der Waals surface area contributed by atoms with E-state index in [-0.39, 0.29) is 17.9 Å². The van der Waals surface area contributed by atoms with Crippen molar-refractivity contribution in [3.63, 3.8) is 0 Å². The monoisotopic (exact) mass is 246 g/mol. The van der Waals surface area contributed by atoms with Crippen molar-refractivity contribution in [2.45, 2.75) is 6.54 Å². The van der Waals surface area contributed by atoms with E-state index in [0.29, 0.717) is 5.69 Å². The molecule has 0 bridgehead atoms. The summed E-state index contributed by atoms with van der Waals surface area (Å²) in [6.45, 7) is 0.146. The van der Waals surface area contributed by atoms with E-state index in [2.05, 4.69) is 10.2 Å². The molecule has 0 saturated heterocycles. The number of carbonyl (C=O) groups is 1. The number of aromatic carboxylic acids is 1. The summed E-state index contributed by atoms with van der Waals surface area (Å²) in [5.74, 6) is -0.969. The third-order valence-electron chi connectivity index (χ3n) is 2.32. The molecule has 0 spiro atoms. The second kappa shape index (κ2) is 4.66. The van der Waals surface area contributed by atoms with Crippen LogP contribution in [0.1, 0.15) is 16.1 Å². The topological polar surface area (TPSA) is 111 Å². The lowest BCUT2D eigenvalue weighted by Crippen LogP contribution is -2.26. The molecule has 2 heterocycles. The molecule has 0 aromatic carbocycles. The van der Waals surface area contributed by atoms with Crippen molar-refractivity contribution in [3.8, 4) is 0 Å². The van der Waals surface area contributed by atoms with Crippen LogP contribution in [0.4, 0.5) is 5.82 Å². The molecule has 2 rings (SSSR count). The lowest BCUT2D eigenvalue weighted by molar-refractivity contribution is 0.0694. The quantitative estimate of drug-likeness (QED) is 0.786. The molecule has 3 N–H and O–H groups in total. The number of carboxylic acids is 1. The minimum absolute atomic E-state index is 0.146. The first-order valence-corrected chi connectivity index (χ1v) is 5.09. The maximum absolute atomic E-state index is 11.8. The van der Waals surface area contributed by atoms with Gasteiger partial charge < -0.3 is 15.4 Å². The Bertz CT molecular complexity index is 633. The minimum Gasteiger partial charge on any atom is -0.477 e. The van der Waals surface area contributed by atoms with Crippen molar-refractivity contribution in [2.75, 3.05) is 5.73 Å². The van der Waals surface area contributed by atoms with Gasteiger partial charge in [-0.3, -0.25) is 4.79 Å². The van der Waals surface area contributed by atoms with Crippen LogP contribution in [0.5, 0.6) is 0 Å². The number of nitrogens with two attached hydrogens (primary N) is 1. The van der Waals surface area contributed by atoms with Crippen molar-refractivity contribution in [1.29, 1.82) is 0 Å². The zero-order valence-electron chi connectivity index (χ0n) is 9.28. The van der Waals surface area contributed by atoms with Gasteiger partial charge in [-0.1, -0.05) is 0 Å². The molecule has 0 atom stereocenters. The zero-order chi connectivity index (χ0) is 13.1. The molecule has 7 nitrogen and oxygen atoms in total. The fourth-order valence-electron chi connectivity index (χ4n) is 1.45. The first-order chi connectivity index (χ1) is 8.58. The smallest absolute Gasteiger partial charge is 0.341 e. The molecule has 92 valence electrons. The third-order valence-corrected chi connectivity index (χ3v) is 2.32. The van der Waals surface area contributed by atoms with E-state index >= 15 is 0 Å². The fourth-order valence-corrected chi connectivity index (χ4v) is 1.45. The highest BCUT2D eigenvalue weighted by Gasteiger charge is 2.10. The molecule has 2 aromatic heterocycles. The van der Waals surface area contributed by atoms with E-state index in [0.717, 1.165) is 0 Å². The van der Waals surface area contributed by atoms with Gasteiger partial charge in [0.25, 0.3) is 5.56 Å². The normalized spacial score (nSPS) is 10.2. The lowest BCUT2D eigenvalue weighted by Gasteiger charge is -2.05. The van der Waals surface area contributed by atoms with Crippen LogP contribution in [0.2, 0.25) is 0 Å². The van der Waals surface area contributed by atoms with Crippen molar-refractivity contribution in [1.82, 2.24) is 14.8 Å². The van der Waals surface area contributed by atoms with Gasteiger partial charge in [-0.15, -0.1) is 5.10 Å². The van der Waals surface area contributed by atoms with Crippen molar-refractivity contribution in [3.05, 3.63) is 52.1 Å². The van der Waals surface area contributed by atoms with E-state index in [1.807, 2.05) is 0 Å². The molecule has 0 aliphatic heterocycles. The van der Waals surface area contributed by atoms with Crippen molar-refractivity contribution < 1.29 is 9.90 Å². The summed E-state index contributed by atoms with van der Waals surface area (Å²) >= 11 is 0. The largest absolute Gasteiger partial charge is 0.477 e. The van der Waals surface area contributed by atoms with E-state index in [4.69, 9.17) is 10.8 Å². The highest BCUT2D eigenvalue weighted by Crippen LogP contribution is 2.00. The van der Waals surface area contributed by atoms with Gasteiger partial charge in [0.1, 0.15) is 11.4 Å². The lowest BCUT2D eigenvalue weighted by atomic mass is 10.2. The molecular formula is C11H10N4O3. The van der Waals surface area contributed by atoms with Crippen LogP contribution in [0, 0.1) is 0 Å². The molecule has 0 unspecified atom stereocenters. The van der Waals surface area contributed by atoms with Crippen LogP contribution in [-0.4, -0.2) is 25.8 Å². The van der Waals surface area contributed by atoms with E-state index in [9.17, 15) is 9.59 Å². The molecule has 0 radical (unpaired) electrons. The molecule has 2 aromatic rings. The average Bonchev–Trinajstić information content (AvgIpc) is 2.34. The van der Waals surface area contributed by atoms with E-state index in [1.165, 1.54) is 22.9 Å². The summed E-state index contributed by atoms with van der Waals surface area (Å²) in [5.41, 5.74) is 5.06. The molecule has 0 amide bonds. The molecule has 0 aliphatic rings. The average molecular weight is 246 g/mol. The van der Waals surface area contributed by atoms with Gasteiger partial charge >= 0.3 is 5.97 Å². The van der Waals surface area contributed by atoms with Crippen molar-refractivity contribution in [2.24, 2.45) is 0 Å². The maximum atomic E-state index is 11.8. The van der Waals surface area contributed by atoms with Crippen molar-refractivity contribution >= 4 is 11.8 Å². The van der Waals surface area contributed by atoms with Gasteiger partial charge in [0.05, 0.1) is 12.2 Å². The molecule has 0 aliphatic carbocycles. The minimum atomic E-state index is -1.25. The Labute approximate surface area is 102 Å². The van der Waals surface area contributed by atoms with Crippen LogP contribution >= 0.6 is 0 Å². The van der Waals surface area contributed by atoms with Crippen LogP contribution in [0.15, 0.2) is 35.3 Å². The summed E-state index contributed by atoms with van der Waals surface area (Å²) in [6, 6.07) is 5.95. The summed E-state index contributed by atoms with van der Waals surface area (Å²) in [5, 5.41) is 16.3. The number of nitrogens with zero attached hydrogens (tertiary/aromatic N) is 3. The number of carboxylic acid groups (broad SMARTS) is 1. The maximum Gasteiger partial charge on any atom is 0.341 e. The number of anilines is 1. The Balaban J connectivity index is 2.35. The van der Waals surface area contributed by atoms with E-state index in [1.54, 1.807) is 12.1 Å². The predicted octanol–water partition coefficient (Wildman–Crippen LogP) is -0.0330. The first kappa shape index (κ1) is 11.8. The number of aromatic nitrogens is 3. The number of nitrogen functional groups attached to an aromatic ring is 1. The summed E-state index contributed by atoms with van der Waals surface area (Å²) in [4.78, 5) is 22.6. The number of pyridine rings is 1. The standard InChI is InChI=1S/C11H10N4O3/c12-9-4-3-7(13-14-9)6-15-5-1-2-8(10(15)16)11(17)18/h1-5H,6H2,(H2,12,14)(H,17,18). The Morgan fingerprint density at radius 1 is 1.33 bits per heavy atom. The Morgan fingerprint density at radius 3 is 2.72 bits per heavy atom. The third kappa shape index (κ3) is 2.34. The number of hydrogen-bond donors (Lipinski definition) is 2. The van der Waals surface area contributed by atoms with Gasteiger partial charge in [-0.2, -0.15) is 5.10 Å². The van der Waals surface area contributed by atoms with Crippen LogP contribution in [0.3, 0.4) is 0 Å². The second-order valence-corrected chi connectivity index (χ2v) is 3.61. The SMILES string of the molecule is Nc1ccc(Cn2cccc(C(=O)O)c2=O)nn1. The van der Waals surface area contributed by atoms with Gasteiger partial charge in [0.15, 0.2) is 0 Å². The van der Waals surface area contributed by atoms with Crippen LogP contribution in [0.25, 0.3) is 0 Å². The molecule has 7 heteroatoms. The Kier molecular flexibility index (Phi) is 3.05. The Morgan fingerprint density at radius 2 is 2.11 bits per heavy atom. The highest BCUT2D eigenvalue weighted by molar-refractivity contribution is 5.86. The predicted molar refractivity (Wildman–Crippen MR) is 63.2 cm³/mol. The number of hydrogen-bond acceptors (Lipinski definition) is 5. The molecular weight excluding hydrogens is 236 g/mol. The Hall–Kier alpha value is -2.70. The highest BCUT2D eigenvalue weighted by atomic mass is 16.4. The summed E-state index contributed by atoms with van der Waals surface area (Å²) < 4.78 is 1.25. The van der Waals surface area contributed by atoms with Crippen LogP contribution < -0.4 is 11.3 Å². The fraction of sp³-hybridized carbons (Fsp3) is 0.0909. The van der Waals surface area contributed by atoms with Crippen LogP contribution in [-0.2, 0) is 6.54 Å². The summed E-state index contributed by atoms with van der Waals surface area (Å²) in [7, 11) is 0.